The number of ether oxygens (including phenoxy) is 1. The Kier molecular flexibility index (Phi) is 4.49. The molecule has 0 aromatic heterocycles. The SMILES string of the molecule is CCc1cc(OC(F)F)c(C(C)=O)cc1C(F)(F)F. The fraction of sp³-hybridized carbons (Fsp3) is 0.417. The van der Waals surface area contributed by atoms with Gasteiger partial charge in [0.15, 0.2) is 5.78 Å². The minimum Gasteiger partial charge on any atom is -0.434 e. The van der Waals surface area contributed by atoms with Crippen LogP contribution in [-0.2, 0) is 12.6 Å². The van der Waals surface area contributed by atoms with Crippen molar-refractivity contribution in [2.24, 2.45) is 0 Å². The molecule has 0 radical (unpaired) electrons. The topological polar surface area (TPSA) is 26.3 Å². The molecule has 1 rings (SSSR count). The van der Waals surface area contributed by atoms with Gasteiger partial charge in [0, 0.05) is 0 Å². The summed E-state index contributed by atoms with van der Waals surface area (Å²) >= 11 is 0. The highest BCUT2D eigenvalue weighted by Gasteiger charge is 2.34. The molecule has 0 fully saturated rings. The molecule has 0 saturated carbocycles. The van der Waals surface area contributed by atoms with E-state index < -0.39 is 35.4 Å². The minimum atomic E-state index is -4.65. The Morgan fingerprint density at radius 2 is 1.89 bits per heavy atom. The van der Waals surface area contributed by atoms with Crippen LogP contribution < -0.4 is 4.74 Å². The van der Waals surface area contributed by atoms with Crippen LogP contribution in [0.4, 0.5) is 22.0 Å². The second-order valence-corrected chi connectivity index (χ2v) is 3.79. The van der Waals surface area contributed by atoms with Crippen molar-refractivity contribution in [3.05, 3.63) is 28.8 Å². The summed E-state index contributed by atoms with van der Waals surface area (Å²) in [7, 11) is 0. The number of carbonyl (C=O) groups excluding carboxylic acids is 1. The number of hydrogen-bond acceptors (Lipinski definition) is 2. The lowest BCUT2D eigenvalue weighted by molar-refractivity contribution is -0.138. The van der Waals surface area contributed by atoms with Gasteiger partial charge in [0.1, 0.15) is 5.75 Å². The van der Waals surface area contributed by atoms with Crippen LogP contribution in [0.1, 0.15) is 35.3 Å². The van der Waals surface area contributed by atoms with Crippen molar-refractivity contribution in [2.45, 2.75) is 33.1 Å². The molecule has 7 heteroatoms. The second-order valence-electron chi connectivity index (χ2n) is 3.79. The number of alkyl halides is 5. The first-order chi connectivity index (χ1) is 8.66. The highest BCUT2D eigenvalue weighted by Crippen LogP contribution is 2.36. The van der Waals surface area contributed by atoms with Crippen LogP contribution in [0.15, 0.2) is 12.1 Å². The summed E-state index contributed by atoms with van der Waals surface area (Å²) in [5.41, 5.74) is -1.72. The van der Waals surface area contributed by atoms with E-state index in [2.05, 4.69) is 4.74 Å². The molecule has 0 bridgehead atoms. The van der Waals surface area contributed by atoms with E-state index >= 15 is 0 Å². The van der Waals surface area contributed by atoms with Crippen LogP contribution in [0.5, 0.6) is 5.75 Å². The number of aryl methyl sites for hydroxylation is 1. The largest absolute Gasteiger partial charge is 0.434 e. The minimum absolute atomic E-state index is 0.0212. The summed E-state index contributed by atoms with van der Waals surface area (Å²) in [5.74, 6) is -1.31. The molecule has 0 aliphatic rings. The zero-order valence-electron chi connectivity index (χ0n) is 10.1. The van der Waals surface area contributed by atoms with Crippen molar-refractivity contribution in [3.63, 3.8) is 0 Å². The van der Waals surface area contributed by atoms with E-state index in [9.17, 15) is 26.7 Å². The first kappa shape index (κ1) is 15.4. The summed E-state index contributed by atoms with van der Waals surface area (Å²) in [6.07, 6.45) is -4.68. The van der Waals surface area contributed by atoms with Crippen molar-refractivity contribution < 1.29 is 31.5 Å². The molecule has 0 heterocycles. The average Bonchev–Trinajstić information content (AvgIpc) is 2.25. The molecule has 0 atom stereocenters. The molecule has 0 spiro atoms. The Hall–Kier alpha value is -1.66. The molecule has 0 aliphatic heterocycles. The third kappa shape index (κ3) is 3.65. The molecule has 1 aromatic carbocycles. The van der Waals surface area contributed by atoms with Gasteiger partial charge in [-0.1, -0.05) is 6.92 Å². The predicted octanol–water partition coefficient (Wildman–Crippen LogP) is 4.07. The summed E-state index contributed by atoms with van der Waals surface area (Å²) in [6, 6.07) is 1.39. The Balaban J connectivity index is 3.46. The normalized spacial score (nSPS) is 11.8. The predicted molar refractivity (Wildman–Crippen MR) is 57.5 cm³/mol. The molecular formula is C12H11F5O2. The average molecular weight is 282 g/mol. The van der Waals surface area contributed by atoms with Crippen molar-refractivity contribution in [2.75, 3.05) is 0 Å². The van der Waals surface area contributed by atoms with Crippen LogP contribution in [0.2, 0.25) is 0 Å². The van der Waals surface area contributed by atoms with E-state index in [1.165, 1.54) is 6.92 Å². The van der Waals surface area contributed by atoms with Gasteiger partial charge in [-0.2, -0.15) is 22.0 Å². The standard InChI is InChI=1S/C12H11F5O2/c1-3-7-4-10(19-11(13)14)8(6(2)18)5-9(7)12(15,16)17/h4-5,11H,3H2,1-2H3. The molecule has 106 valence electrons. The van der Waals surface area contributed by atoms with E-state index in [1.54, 1.807) is 0 Å². The van der Waals surface area contributed by atoms with Gasteiger partial charge in [-0.15, -0.1) is 0 Å². The fourth-order valence-corrected chi connectivity index (χ4v) is 1.65. The Morgan fingerprint density at radius 1 is 1.32 bits per heavy atom. The molecule has 1 aromatic rings. The van der Waals surface area contributed by atoms with Gasteiger partial charge in [0.05, 0.1) is 11.1 Å². The first-order valence-electron chi connectivity index (χ1n) is 5.36. The van der Waals surface area contributed by atoms with Crippen LogP contribution in [0.25, 0.3) is 0 Å². The lowest BCUT2D eigenvalue weighted by Crippen LogP contribution is -2.13. The lowest BCUT2D eigenvalue weighted by Gasteiger charge is -2.16. The molecule has 0 aliphatic carbocycles. The van der Waals surface area contributed by atoms with E-state index in [4.69, 9.17) is 0 Å². The fourth-order valence-electron chi connectivity index (χ4n) is 1.65. The van der Waals surface area contributed by atoms with Gasteiger partial charge < -0.3 is 4.74 Å². The molecule has 0 amide bonds. The second kappa shape index (κ2) is 5.54. The third-order valence-corrected chi connectivity index (χ3v) is 2.49. The van der Waals surface area contributed by atoms with E-state index in [-0.39, 0.29) is 12.0 Å². The quantitative estimate of drug-likeness (QED) is 0.614. The summed E-state index contributed by atoms with van der Waals surface area (Å²) < 4.78 is 66.8. The smallest absolute Gasteiger partial charge is 0.416 e. The zero-order chi connectivity index (χ0) is 14.8. The van der Waals surface area contributed by atoms with Crippen molar-refractivity contribution in [1.82, 2.24) is 0 Å². The maximum atomic E-state index is 12.8. The number of hydrogen-bond donors (Lipinski definition) is 0. The van der Waals surface area contributed by atoms with Crippen LogP contribution in [-0.4, -0.2) is 12.4 Å². The molecular weight excluding hydrogens is 271 g/mol. The number of ketones is 1. The van der Waals surface area contributed by atoms with Crippen molar-refractivity contribution in [3.8, 4) is 5.75 Å². The van der Waals surface area contributed by atoms with Crippen LogP contribution >= 0.6 is 0 Å². The van der Waals surface area contributed by atoms with Gasteiger partial charge in [0.25, 0.3) is 0 Å². The summed E-state index contributed by atoms with van der Waals surface area (Å²) in [4.78, 5) is 11.2. The molecule has 2 nitrogen and oxygen atoms in total. The van der Waals surface area contributed by atoms with Crippen LogP contribution in [0, 0.1) is 0 Å². The molecule has 0 N–H and O–H groups in total. The maximum absolute atomic E-state index is 12.8. The summed E-state index contributed by atoms with van der Waals surface area (Å²) in [5, 5.41) is 0. The van der Waals surface area contributed by atoms with Gasteiger partial charge in [-0.3, -0.25) is 4.79 Å². The Labute approximate surface area is 106 Å². The van der Waals surface area contributed by atoms with E-state index in [0.717, 1.165) is 13.0 Å². The van der Waals surface area contributed by atoms with E-state index in [1.807, 2.05) is 0 Å². The van der Waals surface area contributed by atoms with Crippen molar-refractivity contribution in [1.29, 1.82) is 0 Å². The molecule has 19 heavy (non-hydrogen) atoms. The number of carbonyl (C=O) groups is 1. The number of Topliss-reactive ketones (excluding diaryl/α,β-unsaturated/α-hetero) is 1. The van der Waals surface area contributed by atoms with Gasteiger partial charge >= 0.3 is 12.8 Å². The highest BCUT2D eigenvalue weighted by molar-refractivity contribution is 5.97. The van der Waals surface area contributed by atoms with Gasteiger partial charge in [-0.25, -0.2) is 0 Å². The maximum Gasteiger partial charge on any atom is 0.416 e. The molecule has 0 saturated heterocycles. The van der Waals surface area contributed by atoms with E-state index in [0.29, 0.717) is 6.07 Å². The molecule has 0 unspecified atom stereocenters. The Morgan fingerprint density at radius 3 is 2.26 bits per heavy atom. The first-order valence-corrected chi connectivity index (χ1v) is 5.36. The zero-order valence-corrected chi connectivity index (χ0v) is 10.1. The monoisotopic (exact) mass is 282 g/mol. The van der Waals surface area contributed by atoms with Gasteiger partial charge in [-0.05, 0) is 31.0 Å². The third-order valence-electron chi connectivity index (χ3n) is 2.49. The van der Waals surface area contributed by atoms with Crippen LogP contribution in [0.3, 0.4) is 0 Å². The highest BCUT2D eigenvalue weighted by atomic mass is 19.4. The number of benzene rings is 1. The summed E-state index contributed by atoms with van der Waals surface area (Å²) in [6.45, 7) is -0.775. The van der Waals surface area contributed by atoms with Crippen molar-refractivity contribution >= 4 is 5.78 Å². The number of rotatable bonds is 4. The lowest BCUT2D eigenvalue weighted by atomic mass is 9.99. The number of halogens is 5. The van der Waals surface area contributed by atoms with Gasteiger partial charge in [0.2, 0.25) is 0 Å². The Bertz CT molecular complexity index is 480.